The fourth-order valence-corrected chi connectivity index (χ4v) is 6.56. The van der Waals surface area contributed by atoms with Crippen LogP contribution in [0.5, 0.6) is 23.0 Å². The quantitative estimate of drug-likeness (QED) is 0.174. The third-order valence-electron chi connectivity index (χ3n) is 9.34. The van der Waals surface area contributed by atoms with E-state index in [9.17, 15) is 0 Å². The molecule has 0 fully saturated rings. The summed E-state index contributed by atoms with van der Waals surface area (Å²) in [5.74, 6) is 3.91. The molecule has 0 aliphatic rings. The Balaban J connectivity index is 1.26. The van der Waals surface area contributed by atoms with Crippen molar-refractivity contribution in [2.75, 3.05) is 14.2 Å². The first-order valence-corrected chi connectivity index (χ1v) is 16.1. The molecule has 7 heteroatoms. The van der Waals surface area contributed by atoms with Gasteiger partial charge in [-0.3, -0.25) is 4.57 Å². The summed E-state index contributed by atoms with van der Waals surface area (Å²) in [6.07, 6.45) is 5.74. The van der Waals surface area contributed by atoms with Crippen molar-refractivity contribution in [2.45, 2.75) is 47.0 Å². The topological polar surface area (TPSA) is 63.3 Å². The largest absolute Gasteiger partial charge is 0.496 e. The second kappa shape index (κ2) is 11.9. The monoisotopic (exact) mass is 636 g/mol. The zero-order valence-corrected chi connectivity index (χ0v) is 28.8. The highest BCUT2D eigenvalue weighted by molar-refractivity contribution is 6.09. The summed E-state index contributed by atoms with van der Waals surface area (Å²) < 4.78 is 22.3. The summed E-state index contributed by atoms with van der Waals surface area (Å²) in [6, 6.07) is 26.9. The third-order valence-corrected chi connectivity index (χ3v) is 9.34. The third kappa shape index (κ3) is 5.25. The molecule has 0 bridgehead atoms. The minimum absolute atomic E-state index is 0.00123. The van der Waals surface area contributed by atoms with E-state index in [1.54, 1.807) is 14.2 Å². The average molecular weight is 637 g/mol. The van der Waals surface area contributed by atoms with Gasteiger partial charge in [0, 0.05) is 40.9 Å². The molecule has 0 saturated heterocycles. The molecule has 48 heavy (non-hydrogen) atoms. The number of nitrogens with zero attached hydrogens (tertiary/aromatic N) is 4. The molecule has 4 aromatic carbocycles. The van der Waals surface area contributed by atoms with Crippen LogP contribution in [0.4, 0.5) is 0 Å². The molecule has 3 aromatic heterocycles. The summed E-state index contributed by atoms with van der Waals surface area (Å²) in [5.41, 5.74) is 9.36. The number of rotatable bonds is 7. The van der Waals surface area contributed by atoms with Gasteiger partial charge in [-0.25, -0.2) is 9.67 Å². The molecular formula is C41H40N4O3. The molecule has 3 heterocycles. The van der Waals surface area contributed by atoms with E-state index in [4.69, 9.17) is 24.3 Å². The lowest BCUT2D eigenvalue weighted by Gasteiger charge is -2.20. The molecule has 7 rings (SSSR count). The Kier molecular flexibility index (Phi) is 7.71. The molecule has 0 aliphatic heterocycles. The van der Waals surface area contributed by atoms with E-state index in [1.807, 2.05) is 53.6 Å². The lowest BCUT2D eigenvalue weighted by Crippen LogP contribution is -2.12. The SMILES string of the molecule is COc1c(C)c(C)c(C)c(OC)c1-c1cnn(-c2cccc(Oc3ccc4c5ccccc5n(-c5cc(C(C)(C)C)ccn5)c4c3)c2)c1. The van der Waals surface area contributed by atoms with Crippen LogP contribution in [0, 0.1) is 20.8 Å². The van der Waals surface area contributed by atoms with Crippen molar-refractivity contribution in [3.63, 3.8) is 0 Å². The minimum atomic E-state index is 0.00123. The average Bonchev–Trinajstić information content (AvgIpc) is 3.70. The molecule has 0 spiro atoms. The molecule has 0 atom stereocenters. The van der Waals surface area contributed by atoms with Crippen LogP contribution in [0.3, 0.4) is 0 Å². The molecule has 0 aliphatic carbocycles. The highest BCUT2D eigenvalue weighted by atomic mass is 16.5. The number of methoxy groups -OCH3 is 2. The molecule has 242 valence electrons. The summed E-state index contributed by atoms with van der Waals surface area (Å²) in [5, 5.41) is 7.03. The normalized spacial score (nSPS) is 11.8. The van der Waals surface area contributed by atoms with Crippen LogP contribution in [0.25, 0.3) is 44.4 Å². The van der Waals surface area contributed by atoms with E-state index in [2.05, 4.69) is 94.6 Å². The first kappa shape index (κ1) is 31.1. The second-order valence-corrected chi connectivity index (χ2v) is 13.3. The van der Waals surface area contributed by atoms with E-state index in [1.165, 1.54) is 10.9 Å². The molecule has 0 unspecified atom stereocenters. The summed E-state index contributed by atoms with van der Waals surface area (Å²) in [4.78, 5) is 4.81. The van der Waals surface area contributed by atoms with Crippen molar-refractivity contribution in [1.29, 1.82) is 0 Å². The predicted molar refractivity (Wildman–Crippen MR) is 194 cm³/mol. The molecule has 7 nitrogen and oxygen atoms in total. The van der Waals surface area contributed by atoms with Crippen molar-refractivity contribution in [3.8, 4) is 45.6 Å². The first-order chi connectivity index (χ1) is 23.1. The van der Waals surface area contributed by atoms with E-state index in [-0.39, 0.29) is 5.41 Å². The smallest absolute Gasteiger partial charge is 0.137 e. The summed E-state index contributed by atoms with van der Waals surface area (Å²) in [6.45, 7) is 12.9. The van der Waals surface area contributed by atoms with Gasteiger partial charge in [-0.05, 0) is 90.9 Å². The number of benzene rings is 4. The number of para-hydroxylation sites is 1. The van der Waals surface area contributed by atoms with Gasteiger partial charge >= 0.3 is 0 Å². The van der Waals surface area contributed by atoms with Crippen LogP contribution in [-0.2, 0) is 5.41 Å². The van der Waals surface area contributed by atoms with Crippen molar-refractivity contribution in [2.24, 2.45) is 0 Å². The maximum atomic E-state index is 6.51. The number of hydrogen-bond donors (Lipinski definition) is 0. The summed E-state index contributed by atoms with van der Waals surface area (Å²) >= 11 is 0. The maximum Gasteiger partial charge on any atom is 0.137 e. The fraction of sp³-hybridized carbons (Fsp3) is 0.220. The van der Waals surface area contributed by atoms with Gasteiger partial charge in [-0.2, -0.15) is 5.10 Å². The van der Waals surface area contributed by atoms with Gasteiger partial charge in [0.2, 0.25) is 0 Å². The van der Waals surface area contributed by atoms with Gasteiger partial charge in [0.15, 0.2) is 0 Å². The highest BCUT2D eigenvalue weighted by Crippen LogP contribution is 2.45. The Bertz CT molecular complexity index is 2290. The van der Waals surface area contributed by atoms with Gasteiger partial charge in [0.05, 0.1) is 42.7 Å². The number of fused-ring (bicyclic) bond motifs is 3. The Labute approximate surface area is 281 Å². The second-order valence-electron chi connectivity index (χ2n) is 13.3. The van der Waals surface area contributed by atoms with Crippen LogP contribution in [0.2, 0.25) is 0 Å². The number of ether oxygens (including phenoxy) is 3. The van der Waals surface area contributed by atoms with E-state index < -0.39 is 0 Å². The van der Waals surface area contributed by atoms with E-state index in [0.717, 1.165) is 73.0 Å². The molecule has 0 radical (unpaired) electrons. The van der Waals surface area contributed by atoms with Crippen LogP contribution in [0.1, 0.15) is 43.0 Å². The van der Waals surface area contributed by atoms with Gasteiger partial charge < -0.3 is 14.2 Å². The highest BCUT2D eigenvalue weighted by Gasteiger charge is 2.22. The molecule has 0 saturated carbocycles. The lowest BCUT2D eigenvalue weighted by molar-refractivity contribution is 0.393. The number of aromatic nitrogens is 4. The Morgan fingerprint density at radius 2 is 1.40 bits per heavy atom. The molecule has 7 aromatic rings. The maximum absolute atomic E-state index is 6.51. The zero-order chi connectivity index (χ0) is 33.7. The van der Waals surface area contributed by atoms with Gasteiger partial charge in [-0.15, -0.1) is 0 Å². The Hall–Kier alpha value is -5.56. The Morgan fingerprint density at radius 3 is 2.12 bits per heavy atom. The predicted octanol–water partition coefficient (Wildman–Crippen LogP) is 10.1. The van der Waals surface area contributed by atoms with Gasteiger partial charge in [0.25, 0.3) is 0 Å². The van der Waals surface area contributed by atoms with Gasteiger partial charge in [-0.1, -0.05) is 45.0 Å². The first-order valence-electron chi connectivity index (χ1n) is 16.1. The minimum Gasteiger partial charge on any atom is -0.496 e. The standard InChI is InChI=1S/C41H40N4O3/c1-25-26(2)39(46-7)38(40(47-8)27(25)3)28-23-43-44(24-28)30-12-11-13-31(21-30)48-32-16-17-34-33-14-9-10-15-35(33)45(36(34)22-32)37-20-29(18-19-42-37)41(4,5)6/h9-24H,1-8H3. The van der Waals surface area contributed by atoms with Crippen LogP contribution in [0.15, 0.2) is 97.5 Å². The molecular weight excluding hydrogens is 596 g/mol. The Morgan fingerprint density at radius 1 is 0.688 bits per heavy atom. The van der Waals surface area contributed by atoms with Crippen molar-refractivity contribution in [3.05, 3.63) is 120 Å². The van der Waals surface area contributed by atoms with Crippen molar-refractivity contribution in [1.82, 2.24) is 19.3 Å². The van der Waals surface area contributed by atoms with E-state index in [0.29, 0.717) is 5.75 Å². The number of pyridine rings is 1. The van der Waals surface area contributed by atoms with Crippen molar-refractivity contribution >= 4 is 21.8 Å². The molecule has 0 amide bonds. The molecule has 0 N–H and O–H groups in total. The lowest BCUT2D eigenvalue weighted by atomic mass is 9.88. The van der Waals surface area contributed by atoms with Crippen molar-refractivity contribution < 1.29 is 14.2 Å². The zero-order valence-electron chi connectivity index (χ0n) is 28.8. The van der Waals surface area contributed by atoms with Gasteiger partial charge in [0.1, 0.15) is 28.8 Å². The fourth-order valence-electron chi connectivity index (χ4n) is 6.56. The number of hydrogen-bond acceptors (Lipinski definition) is 5. The van der Waals surface area contributed by atoms with Crippen LogP contribution in [-0.4, -0.2) is 33.6 Å². The summed E-state index contributed by atoms with van der Waals surface area (Å²) in [7, 11) is 3.39. The van der Waals surface area contributed by atoms with E-state index >= 15 is 0 Å². The van der Waals surface area contributed by atoms with Crippen LogP contribution < -0.4 is 14.2 Å². The van der Waals surface area contributed by atoms with Crippen LogP contribution >= 0.6 is 0 Å².